The van der Waals surface area contributed by atoms with Crippen LogP contribution in [-0.4, -0.2) is 41.5 Å². The van der Waals surface area contributed by atoms with Crippen LogP contribution in [0, 0.1) is 20.8 Å². The van der Waals surface area contributed by atoms with E-state index < -0.39 is 10.0 Å². The van der Waals surface area contributed by atoms with Gasteiger partial charge in [0, 0.05) is 24.7 Å². The van der Waals surface area contributed by atoms with Crippen LogP contribution in [0.15, 0.2) is 47.5 Å². The number of hydrogen-bond donors (Lipinski definition) is 1. The van der Waals surface area contributed by atoms with E-state index in [0.29, 0.717) is 30.3 Å². The molecular formula is C26H32N4O3S. The molecule has 0 unspecified atom stereocenters. The molecule has 0 bridgehead atoms. The Morgan fingerprint density at radius 2 is 1.76 bits per heavy atom. The highest BCUT2D eigenvalue weighted by molar-refractivity contribution is 7.89. The largest absolute Gasteiger partial charge is 0.322 e. The second kappa shape index (κ2) is 9.35. The summed E-state index contributed by atoms with van der Waals surface area (Å²) in [4.78, 5) is 13.6. The highest BCUT2D eigenvalue weighted by Crippen LogP contribution is 2.43. The predicted molar refractivity (Wildman–Crippen MR) is 134 cm³/mol. The zero-order valence-corrected chi connectivity index (χ0v) is 21.2. The molecule has 1 aromatic heterocycles. The number of aryl methyl sites for hydroxylation is 2. The number of benzene rings is 2. The highest BCUT2D eigenvalue weighted by atomic mass is 32.2. The molecule has 2 aromatic carbocycles. The second-order valence-corrected chi connectivity index (χ2v) is 10.8. The van der Waals surface area contributed by atoms with E-state index in [1.54, 1.807) is 18.3 Å². The van der Waals surface area contributed by atoms with E-state index in [0.717, 1.165) is 40.9 Å². The van der Waals surface area contributed by atoms with Crippen molar-refractivity contribution in [3.63, 3.8) is 0 Å². The Labute approximate surface area is 201 Å². The Hall–Kier alpha value is -2.97. The number of hydrogen-bond acceptors (Lipinski definition) is 4. The number of aromatic nitrogens is 2. The van der Waals surface area contributed by atoms with E-state index in [9.17, 15) is 13.2 Å². The number of nitrogens with one attached hydrogen (secondary N) is 1. The quantitative estimate of drug-likeness (QED) is 0.494. The minimum absolute atomic E-state index is 0.188. The normalized spacial score (nSPS) is 13.9. The van der Waals surface area contributed by atoms with Crippen LogP contribution >= 0.6 is 0 Å². The average Bonchev–Trinajstić information content (AvgIpc) is 3.55. The van der Waals surface area contributed by atoms with Crippen molar-refractivity contribution < 1.29 is 13.2 Å². The van der Waals surface area contributed by atoms with Crippen LogP contribution in [0.5, 0.6) is 0 Å². The molecule has 1 saturated carbocycles. The van der Waals surface area contributed by atoms with Gasteiger partial charge in [0.15, 0.2) is 0 Å². The molecule has 0 spiro atoms. The van der Waals surface area contributed by atoms with E-state index in [1.165, 1.54) is 4.31 Å². The molecule has 1 fully saturated rings. The Morgan fingerprint density at radius 1 is 1.09 bits per heavy atom. The topological polar surface area (TPSA) is 84.3 Å². The molecule has 34 heavy (non-hydrogen) atoms. The third-order valence-corrected chi connectivity index (χ3v) is 8.62. The van der Waals surface area contributed by atoms with Gasteiger partial charge in [-0.1, -0.05) is 32.0 Å². The van der Waals surface area contributed by atoms with E-state index in [-0.39, 0.29) is 10.8 Å². The van der Waals surface area contributed by atoms with Crippen molar-refractivity contribution in [2.24, 2.45) is 0 Å². The summed E-state index contributed by atoms with van der Waals surface area (Å²) >= 11 is 0. The van der Waals surface area contributed by atoms with Gasteiger partial charge in [0.2, 0.25) is 10.0 Å². The van der Waals surface area contributed by atoms with Crippen molar-refractivity contribution >= 4 is 21.6 Å². The summed E-state index contributed by atoms with van der Waals surface area (Å²) in [6.45, 7) is 10.2. The fraction of sp³-hybridized carbons (Fsp3) is 0.385. The van der Waals surface area contributed by atoms with Gasteiger partial charge in [0.05, 0.1) is 28.0 Å². The molecule has 1 aliphatic carbocycles. The average molecular weight is 481 g/mol. The first kappa shape index (κ1) is 24.2. The van der Waals surface area contributed by atoms with Crippen LogP contribution in [-0.2, 0) is 10.0 Å². The van der Waals surface area contributed by atoms with E-state index in [4.69, 9.17) is 0 Å². The van der Waals surface area contributed by atoms with Crippen LogP contribution in [0.4, 0.5) is 5.69 Å². The van der Waals surface area contributed by atoms with Gasteiger partial charge in [-0.15, -0.1) is 0 Å². The van der Waals surface area contributed by atoms with Gasteiger partial charge in [-0.25, -0.2) is 13.1 Å². The smallest absolute Gasteiger partial charge is 0.259 e. The van der Waals surface area contributed by atoms with Gasteiger partial charge in [-0.3, -0.25) is 4.79 Å². The number of rotatable bonds is 8. The van der Waals surface area contributed by atoms with Crippen molar-refractivity contribution in [3.05, 3.63) is 70.5 Å². The Morgan fingerprint density at radius 3 is 2.38 bits per heavy atom. The third-order valence-electron chi connectivity index (χ3n) is 6.59. The number of amides is 1. The van der Waals surface area contributed by atoms with Gasteiger partial charge in [-0.05, 0) is 68.5 Å². The lowest BCUT2D eigenvalue weighted by Crippen LogP contribution is -2.30. The fourth-order valence-corrected chi connectivity index (χ4v) is 5.85. The molecule has 0 saturated heterocycles. The number of anilines is 1. The standard InChI is InChI=1S/C26H32N4O3S/c1-6-29(7-2)34(32,33)21-14-18(4)19(5)23(15-21)28-26(31)22-16-27-30(25(22)20-12-13-20)24-11-9-8-10-17(24)3/h8-11,14-16,20H,6-7,12-13H2,1-5H3,(H,28,31). The maximum atomic E-state index is 13.4. The van der Waals surface area contributed by atoms with Crippen LogP contribution < -0.4 is 5.32 Å². The van der Waals surface area contributed by atoms with Crippen molar-refractivity contribution in [2.45, 2.75) is 58.3 Å². The summed E-state index contributed by atoms with van der Waals surface area (Å²) < 4.78 is 29.5. The van der Waals surface area contributed by atoms with Gasteiger partial charge in [0.1, 0.15) is 0 Å². The van der Waals surface area contributed by atoms with Crippen molar-refractivity contribution in [1.29, 1.82) is 0 Å². The zero-order valence-electron chi connectivity index (χ0n) is 20.4. The van der Waals surface area contributed by atoms with Gasteiger partial charge in [-0.2, -0.15) is 9.40 Å². The molecule has 4 rings (SSSR count). The number of para-hydroxylation sites is 1. The van der Waals surface area contributed by atoms with Crippen LogP contribution in [0.3, 0.4) is 0 Å². The van der Waals surface area contributed by atoms with Crippen molar-refractivity contribution in [3.8, 4) is 5.69 Å². The minimum Gasteiger partial charge on any atom is -0.322 e. The second-order valence-electron chi connectivity index (χ2n) is 8.87. The minimum atomic E-state index is -3.65. The van der Waals surface area contributed by atoms with E-state index in [1.807, 2.05) is 63.6 Å². The molecule has 0 aliphatic heterocycles. The lowest BCUT2D eigenvalue weighted by molar-refractivity contribution is 0.102. The van der Waals surface area contributed by atoms with Gasteiger partial charge >= 0.3 is 0 Å². The van der Waals surface area contributed by atoms with Gasteiger partial charge < -0.3 is 5.32 Å². The SMILES string of the molecule is CCN(CC)S(=O)(=O)c1cc(C)c(C)c(NC(=O)c2cnn(-c3ccccc3C)c2C2CC2)c1. The maximum absolute atomic E-state index is 13.4. The monoisotopic (exact) mass is 480 g/mol. The van der Waals surface area contributed by atoms with E-state index in [2.05, 4.69) is 10.4 Å². The molecule has 1 heterocycles. The third kappa shape index (κ3) is 4.40. The molecule has 1 N–H and O–H groups in total. The molecular weight excluding hydrogens is 448 g/mol. The first-order valence-electron chi connectivity index (χ1n) is 11.8. The fourth-order valence-electron chi connectivity index (χ4n) is 4.28. The Bertz CT molecular complexity index is 1340. The molecule has 8 heteroatoms. The summed E-state index contributed by atoms with van der Waals surface area (Å²) in [6.07, 6.45) is 3.66. The summed E-state index contributed by atoms with van der Waals surface area (Å²) in [5, 5.41) is 7.55. The van der Waals surface area contributed by atoms with Crippen molar-refractivity contribution in [2.75, 3.05) is 18.4 Å². The first-order valence-corrected chi connectivity index (χ1v) is 13.2. The molecule has 7 nitrogen and oxygen atoms in total. The van der Waals surface area contributed by atoms with Crippen LogP contribution in [0.25, 0.3) is 5.69 Å². The molecule has 180 valence electrons. The molecule has 0 atom stereocenters. The highest BCUT2D eigenvalue weighted by Gasteiger charge is 2.33. The lowest BCUT2D eigenvalue weighted by Gasteiger charge is -2.20. The number of sulfonamides is 1. The molecule has 1 aliphatic rings. The zero-order chi connectivity index (χ0) is 24.6. The lowest BCUT2D eigenvalue weighted by atomic mass is 10.1. The van der Waals surface area contributed by atoms with E-state index >= 15 is 0 Å². The number of nitrogens with zero attached hydrogens (tertiary/aromatic N) is 3. The number of carbonyl (C=O) groups excluding carboxylic acids is 1. The number of carbonyl (C=O) groups is 1. The molecule has 0 radical (unpaired) electrons. The summed E-state index contributed by atoms with van der Waals surface area (Å²) in [5.74, 6) is 0.0155. The van der Waals surface area contributed by atoms with Crippen molar-refractivity contribution in [1.82, 2.24) is 14.1 Å². The van der Waals surface area contributed by atoms with Crippen LogP contribution in [0.1, 0.15) is 65.3 Å². The summed E-state index contributed by atoms with van der Waals surface area (Å²) in [7, 11) is -3.65. The Balaban J connectivity index is 1.72. The van der Waals surface area contributed by atoms with Gasteiger partial charge in [0.25, 0.3) is 5.91 Å². The predicted octanol–water partition coefficient (Wildman–Crippen LogP) is 4.96. The molecule has 3 aromatic rings. The molecule has 1 amide bonds. The Kier molecular flexibility index (Phi) is 6.64. The first-order chi connectivity index (χ1) is 16.2. The summed E-state index contributed by atoms with van der Waals surface area (Å²) in [6, 6.07) is 11.2. The maximum Gasteiger partial charge on any atom is 0.259 e. The summed E-state index contributed by atoms with van der Waals surface area (Å²) in [5.41, 5.74) is 5.63. The van der Waals surface area contributed by atoms with Crippen LogP contribution in [0.2, 0.25) is 0 Å².